The van der Waals surface area contributed by atoms with Crippen LogP contribution in [0.1, 0.15) is 45.1 Å². The molecular weight excluding hydrogens is 248 g/mol. The van der Waals surface area contributed by atoms with Crippen molar-refractivity contribution in [1.82, 2.24) is 0 Å². The number of phenols is 2. The minimum atomic E-state index is 0.263. The molecule has 0 saturated heterocycles. The van der Waals surface area contributed by atoms with Gasteiger partial charge in [0.05, 0.1) is 0 Å². The molecule has 0 aliphatic carbocycles. The summed E-state index contributed by atoms with van der Waals surface area (Å²) in [4.78, 5) is 0. The third-order valence-electron chi connectivity index (χ3n) is 4.13. The zero-order chi connectivity index (χ0) is 14.5. The summed E-state index contributed by atoms with van der Waals surface area (Å²) in [5.41, 5.74) is 0.865. The lowest BCUT2D eigenvalue weighted by Crippen LogP contribution is -2.04. The van der Waals surface area contributed by atoms with Crippen molar-refractivity contribution in [3.63, 3.8) is 0 Å². The third-order valence-corrected chi connectivity index (χ3v) is 4.13. The van der Waals surface area contributed by atoms with E-state index in [-0.39, 0.29) is 5.75 Å². The van der Waals surface area contributed by atoms with E-state index in [9.17, 15) is 10.2 Å². The molecule has 2 aromatic rings. The van der Waals surface area contributed by atoms with Gasteiger partial charge in [0.25, 0.3) is 0 Å². The van der Waals surface area contributed by atoms with Crippen LogP contribution in [0.4, 0.5) is 0 Å². The average molecular weight is 272 g/mol. The Morgan fingerprint density at radius 2 is 1.75 bits per heavy atom. The highest BCUT2D eigenvalue weighted by atomic mass is 16.3. The van der Waals surface area contributed by atoms with Gasteiger partial charge in [-0.05, 0) is 24.0 Å². The van der Waals surface area contributed by atoms with Crippen LogP contribution in [0.15, 0.2) is 30.3 Å². The quantitative estimate of drug-likeness (QED) is 0.726. The van der Waals surface area contributed by atoms with Crippen LogP contribution >= 0.6 is 0 Å². The molecule has 2 rings (SSSR count). The monoisotopic (exact) mass is 272 g/mol. The lowest BCUT2D eigenvalue weighted by Gasteiger charge is -2.17. The molecule has 1 unspecified atom stereocenters. The van der Waals surface area contributed by atoms with Gasteiger partial charge in [0.2, 0.25) is 0 Å². The highest BCUT2D eigenvalue weighted by molar-refractivity contribution is 5.93. The summed E-state index contributed by atoms with van der Waals surface area (Å²) in [7, 11) is 0. The van der Waals surface area contributed by atoms with Crippen LogP contribution in [-0.4, -0.2) is 10.2 Å². The van der Waals surface area contributed by atoms with Gasteiger partial charge in [-0.1, -0.05) is 63.8 Å². The van der Waals surface area contributed by atoms with Gasteiger partial charge in [0.1, 0.15) is 11.5 Å². The molecule has 2 aromatic carbocycles. The molecule has 0 heterocycles. The molecule has 0 spiro atoms. The average Bonchev–Trinajstić information content (AvgIpc) is 2.48. The van der Waals surface area contributed by atoms with E-state index in [0.29, 0.717) is 11.7 Å². The molecule has 20 heavy (non-hydrogen) atoms. The van der Waals surface area contributed by atoms with E-state index < -0.39 is 0 Å². The van der Waals surface area contributed by atoms with Gasteiger partial charge < -0.3 is 10.2 Å². The van der Waals surface area contributed by atoms with Gasteiger partial charge in [-0.2, -0.15) is 0 Å². The Kier molecular flexibility index (Phi) is 4.89. The number of hydrogen-bond donors (Lipinski definition) is 2. The largest absolute Gasteiger partial charge is 0.507 e. The molecule has 0 aliphatic heterocycles. The van der Waals surface area contributed by atoms with Gasteiger partial charge in [-0.15, -0.1) is 0 Å². The van der Waals surface area contributed by atoms with Crippen molar-refractivity contribution in [3.8, 4) is 11.5 Å². The molecule has 0 saturated carbocycles. The van der Waals surface area contributed by atoms with E-state index in [0.717, 1.165) is 29.2 Å². The van der Waals surface area contributed by atoms with Gasteiger partial charge >= 0.3 is 0 Å². The molecule has 2 heteroatoms. The minimum Gasteiger partial charge on any atom is -0.507 e. The van der Waals surface area contributed by atoms with Gasteiger partial charge in [0, 0.05) is 10.8 Å². The van der Waals surface area contributed by atoms with Gasteiger partial charge in [-0.25, -0.2) is 0 Å². The molecule has 108 valence electrons. The summed E-state index contributed by atoms with van der Waals surface area (Å²) in [5.74, 6) is 1.16. The maximum Gasteiger partial charge on any atom is 0.126 e. The van der Waals surface area contributed by atoms with Crippen LogP contribution in [0.25, 0.3) is 10.8 Å². The number of fused-ring (bicyclic) bond motifs is 1. The molecular formula is C18H24O2. The van der Waals surface area contributed by atoms with Crippen molar-refractivity contribution >= 4 is 10.8 Å². The lowest BCUT2D eigenvalue weighted by atomic mass is 9.90. The highest BCUT2D eigenvalue weighted by Crippen LogP contribution is 2.37. The molecule has 0 bridgehead atoms. The number of phenolic OH excluding ortho intramolecular Hbond substituents is 2. The second kappa shape index (κ2) is 6.65. The fourth-order valence-electron chi connectivity index (χ4n) is 2.81. The zero-order valence-corrected chi connectivity index (χ0v) is 12.4. The van der Waals surface area contributed by atoms with Crippen LogP contribution in [-0.2, 0) is 6.42 Å². The molecule has 0 aliphatic rings. The zero-order valence-electron chi connectivity index (χ0n) is 12.4. The van der Waals surface area contributed by atoms with Crippen LogP contribution in [0.5, 0.6) is 11.5 Å². The van der Waals surface area contributed by atoms with Crippen molar-refractivity contribution in [1.29, 1.82) is 0 Å². The van der Waals surface area contributed by atoms with Gasteiger partial charge in [0.15, 0.2) is 0 Å². The molecule has 1 atom stereocenters. The smallest absolute Gasteiger partial charge is 0.126 e. The first-order chi connectivity index (χ1) is 9.67. The number of aromatic hydroxyl groups is 2. The minimum absolute atomic E-state index is 0.263. The Labute approximate surface area is 121 Å². The van der Waals surface area contributed by atoms with E-state index >= 15 is 0 Å². The van der Waals surface area contributed by atoms with Crippen LogP contribution in [0, 0.1) is 5.92 Å². The van der Waals surface area contributed by atoms with Crippen molar-refractivity contribution in [2.24, 2.45) is 5.92 Å². The summed E-state index contributed by atoms with van der Waals surface area (Å²) >= 11 is 0. The van der Waals surface area contributed by atoms with Crippen molar-refractivity contribution in [3.05, 3.63) is 35.9 Å². The summed E-state index contributed by atoms with van der Waals surface area (Å²) in [6.07, 6.45) is 5.54. The predicted molar refractivity (Wildman–Crippen MR) is 84.3 cm³/mol. The van der Waals surface area contributed by atoms with Crippen LogP contribution in [0.2, 0.25) is 0 Å². The Hall–Kier alpha value is -1.70. The summed E-state index contributed by atoms with van der Waals surface area (Å²) in [5, 5.41) is 22.0. The standard InChI is InChI=1S/C18H24O2/c1-3-5-8-13(4-2)11-14-12-17(19)15-9-6-7-10-16(15)18(14)20/h6-7,9-10,12-13,19-20H,3-5,8,11H2,1-2H3. The first-order valence-electron chi connectivity index (χ1n) is 7.59. The molecule has 0 amide bonds. The number of benzene rings is 2. The van der Waals surface area contributed by atoms with E-state index in [2.05, 4.69) is 13.8 Å². The Morgan fingerprint density at radius 1 is 1.05 bits per heavy atom. The summed E-state index contributed by atoms with van der Waals surface area (Å²) in [6, 6.07) is 9.19. The fourth-order valence-corrected chi connectivity index (χ4v) is 2.81. The van der Waals surface area contributed by atoms with Crippen LogP contribution in [0.3, 0.4) is 0 Å². The lowest BCUT2D eigenvalue weighted by molar-refractivity contribution is 0.425. The molecule has 2 nitrogen and oxygen atoms in total. The first-order valence-corrected chi connectivity index (χ1v) is 7.59. The topological polar surface area (TPSA) is 40.5 Å². The van der Waals surface area contributed by atoms with Crippen molar-refractivity contribution in [2.45, 2.75) is 46.0 Å². The normalized spacial score (nSPS) is 12.7. The predicted octanol–water partition coefficient (Wildman–Crippen LogP) is 5.01. The maximum absolute atomic E-state index is 10.4. The van der Waals surface area contributed by atoms with Crippen LogP contribution < -0.4 is 0 Å². The second-order valence-electron chi connectivity index (χ2n) is 5.57. The van der Waals surface area contributed by atoms with E-state index in [4.69, 9.17) is 0 Å². The molecule has 0 radical (unpaired) electrons. The third kappa shape index (κ3) is 3.06. The molecule has 0 aromatic heterocycles. The number of rotatable bonds is 6. The van der Waals surface area contributed by atoms with Crippen molar-refractivity contribution < 1.29 is 10.2 Å². The van der Waals surface area contributed by atoms with E-state index in [1.54, 1.807) is 6.07 Å². The molecule has 2 N–H and O–H groups in total. The maximum atomic E-state index is 10.4. The SMILES string of the molecule is CCCCC(CC)Cc1cc(O)c2ccccc2c1O. The second-order valence-corrected chi connectivity index (χ2v) is 5.57. The molecule has 0 fully saturated rings. The van der Waals surface area contributed by atoms with E-state index in [1.807, 2.05) is 24.3 Å². The first kappa shape index (κ1) is 14.7. The van der Waals surface area contributed by atoms with E-state index in [1.165, 1.54) is 19.3 Å². The number of hydrogen-bond acceptors (Lipinski definition) is 2. The fraction of sp³-hybridized carbons (Fsp3) is 0.444. The Balaban J connectivity index is 2.32. The van der Waals surface area contributed by atoms with Crippen molar-refractivity contribution in [2.75, 3.05) is 0 Å². The Morgan fingerprint density at radius 3 is 2.40 bits per heavy atom. The number of unbranched alkanes of at least 4 members (excludes halogenated alkanes) is 1. The summed E-state index contributed by atoms with van der Waals surface area (Å²) in [6.45, 7) is 4.39. The highest BCUT2D eigenvalue weighted by Gasteiger charge is 2.14. The van der Waals surface area contributed by atoms with Gasteiger partial charge in [-0.3, -0.25) is 0 Å². The summed E-state index contributed by atoms with van der Waals surface area (Å²) < 4.78 is 0. The Bertz CT molecular complexity index is 575.